The Bertz CT molecular complexity index is 430. The van der Waals surface area contributed by atoms with Crippen LogP contribution in [0.4, 0.5) is 11.4 Å². The molecule has 1 amide bonds. The van der Waals surface area contributed by atoms with Crippen LogP contribution in [-0.2, 0) is 0 Å². The number of amides is 1. The maximum atomic E-state index is 11.4. The van der Waals surface area contributed by atoms with Crippen LogP contribution in [0.5, 0.6) is 0 Å². The summed E-state index contributed by atoms with van der Waals surface area (Å²) in [5.74, 6) is -0.534. The summed E-state index contributed by atoms with van der Waals surface area (Å²) in [7, 11) is 1.80. The third kappa shape index (κ3) is 2.68. The van der Waals surface area contributed by atoms with Crippen LogP contribution in [0.15, 0.2) is 18.2 Å². The second-order valence-corrected chi connectivity index (χ2v) is 4.67. The summed E-state index contributed by atoms with van der Waals surface area (Å²) in [5.41, 5.74) is 12.0. The predicted octanol–water partition coefficient (Wildman–Crippen LogP) is 0.575. The molecule has 0 aromatic heterocycles. The summed E-state index contributed by atoms with van der Waals surface area (Å²) in [6.07, 6.45) is 0. The minimum atomic E-state index is -0.534. The van der Waals surface area contributed by atoms with E-state index in [0.717, 1.165) is 0 Å². The lowest BCUT2D eigenvalue weighted by molar-refractivity contribution is 0.100. The molecule has 17 heavy (non-hydrogen) atoms. The molecule has 0 fully saturated rings. The monoisotopic (exact) mass is 237 g/mol. The zero-order chi connectivity index (χ0) is 13.2. The van der Waals surface area contributed by atoms with Crippen LogP contribution in [0, 0.1) is 0 Å². The van der Waals surface area contributed by atoms with Crippen molar-refractivity contribution in [3.63, 3.8) is 0 Å². The van der Waals surface area contributed by atoms with Crippen molar-refractivity contribution < 1.29 is 9.90 Å². The van der Waals surface area contributed by atoms with E-state index in [9.17, 15) is 9.90 Å². The molecule has 1 aromatic carbocycles. The average Bonchev–Trinajstić information content (AvgIpc) is 2.28. The van der Waals surface area contributed by atoms with Crippen LogP contribution < -0.4 is 16.4 Å². The third-order valence-corrected chi connectivity index (χ3v) is 2.94. The first-order chi connectivity index (χ1) is 7.79. The van der Waals surface area contributed by atoms with Gasteiger partial charge in [0.05, 0.1) is 17.7 Å². The minimum Gasteiger partial charge on any atom is -0.399 e. The number of nitrogens with two attached hydrogens (primary N) is 2. The van der Waals surface area contributed by atoms with E-state index in [0.29, 0.717) is 16.9 Å². The van der Waals surface area contributed by atoms with E-state index in [-0.39, 0.29) is 6.61 Å². The Kier molecular flexibility index (Phi) is 3.63. The van der Waals surface area contributed by atoms with Gasteiger partial charge in [0.1, 0.15) is 0 Å². The van der Waals surface area contributed by atoms with Crippen molar-refractivity contribution >= 4 is 17.3 Å². The molecule has 5 nitrogen and oxygen atoms in total. The number of hydrogen-bond donors (Lipinski definition) is 3. The first kappa shape index (κ1) is 13.3. The van der Waals surface area contributed by atoms with Crippen molar-refractivity contribution in [2.45, 2.75) is 19.4 Å². The predicted molar refractivity (Wildman–Crippen MR) is 68.9 cm³/mol. The molecule has 0 atom stereocenters. The highest BCUT2D eigenvalue weighted by atomic mass is 16.3. The molecule has 0 bridgehead atoms. The fourth-order valence-corrected chi connectivity index (χ4v) is 1.48. The normalized spacial score (nSPS) is 11.3. The maximum Gasteiger partial charge on any atom is 0.250 e. The smallest absolute Gasteiger partial charge is 0.250 e. The Hall–Kier alpha value is -1.75. The summed E-state index contributed by atoms with van der Waals surface area (Å²) >= 11 is 0. The highest BCUT2D eigenvalue weighted by Gasteiger charge is 2.25. The highest BCUT2D eigenvalue weighted by Crippen LogP contribution is 2.27. The van der Waals surface area contributed by atoms with Gasteiger partial charge >= 0.3 is 0 Å². The second-order valence-electron chi connectivity index (χ2n) is 4.67. The van der Waals surface area contributed by atoms with Gasteiger partial charge in [-0.05, 0) is 32.0 Å². The lowest BCUT2D eigenvalue weighted by atomic mass is 10.0. The molecule has 0 saturated heterocycles. The first-order valence-corrected chi connectivity index (χ1v) is 5.33. The number of benzene rings is 1. The van der Waals surface area contributed by atoms with Crippen LogP contribution in [0.25, 0.3) is 0 Å². The largest absolute Gasteiger partial charge is 0.399 e. The van der Waals surface area contributed by atoms with Gasteiger partial charge in [-0.2, -0.15) is 0 Å². The van der Waals surface area contributed by atoms with Gasteiger partial charge < -0.3 is 21.5 Å². The number of aliphatic hydroxyl groups is 1. The van der Waals surface area contributed by atoms with Crippen molar-refractivity contribution in [3.05, 3.63) is 23.8 Å². The summed E-state index contributed by atoms with van der Waals surface area (Å²) in [6.45, 7) is 3.70. The third-order valence-electron chi connectivity index (χ3n) is 2.94. The van der Waals surface area contributed by atoms with Crippen LogP contribution in [-0.4, -0.2) is 30.2 Å². The number of nitrogen functional groups attached to an aromatic ring is 1. The molecule has 0 spiro atoms. The number of rotatable bonds is 4. The second kappa shape index (κ2) is 4.63. The molecule has 0 aliphatic rings. The van der Waals surface area contributed by atoms with E-state index in [1.165, 1.54) is 0 Å². The van der Waals surface area contributed by atoms with Crippen molar-refractivity contribution in [2.24, 2.45) is 5.73 Å². The Morgan fingerprint density at radius 2 is 2.06 bits per heavy atom. The molecule has 0 radical (unpaired) electrons. The zero-order valence-corrected chi connectivity index (χ0v) is 10.4. The van der Waals surface area contributed by atoms with Gasteiger partial charge in [-0.15, -0.1) is 0 Å². The molecular weight excluding hydrogens is 218 g/mol. The Morgan fingerprint density at radius 3 is 2.53 bits per heavy atom. The number of nitrogens with zero attached hydrogens (tertiary/aromatic N) is 1. The molecule has 0 unspecified atom stereocenters. The van der Waals surface area contributed by atoms with Crippen LogP contribution in [0.1, 0.15) is 24.2 Å². The Balaban J connectivity index is 3.26. The summed E-state index contributed by atoms with van der Waals surface area (Å²) in [4.78, 5) is 13.2. The number of carbonyl (C=O) groups is 1. The molecule has 0 saturated carbocycles. The molecule has 0 aliphatic heterocycles. The van der Waals surface area contributed by atoms with E-state index in [1.807, 2.05) is 18.7 Å². The molecule has 94 valence electrons. The van der Waals surface area contributed by atoms with E-state index in [4.69, 9.17) is 11.5 Å². The number of carbonyl (C=O) groups excluding carboxylic acids is 1. The number of anilines is 2. The summed E-state index contributed by atoms with van der Waals surface area (Å²) < 4.78 is 0. The number of primary amides is 1. The van der Waals surface area contributed by atoms with Gasteiger partial charge in [0, 0.05) is 18.4 Å². The van der Waals surface area contributed by atoms with E-state index in [1.54, 1.807) is 25.2 Å². The lowest BCUT2D eigenvalue weighted by Gasteiger charge is -2.36. The molecule has 5 N–H and O–H groups in total. The molecule has 0 heterocycles. The number of likely N-dealkylation sites (N-methyl/N-ethyl adjacent to an activating group) is 1. The Morgan fingerprint density at radius 1 is 1.47 bits per heavy atom. The molecule has 5 heteroatoms. The van der Waals surface area contributed by atoms with E-state index in [2.05, 4.69) is 0 Å². The highest BCUT2D eigenvalue weighted by molar-refractivity contribution is 5.99. The van der Waals surface area contributed by atoms with Crippen LogP contribution >= 0.6 is 0 Å². The molecule has 0 aliphatic carbocycles. The van der Waals surface area contributed by atoms with E-state index >= 15 is 0 Å². The van der Waals surface area contributed by atoms with Gasteiger partial charge in [0.25, 0.3) is 5.91 Å². The summed E-state index contributed by atoms with van der Waals surface area (Å²) in [6, 6.07) is 4.97. The van der Waals surface area contributed by atoms with Gasteiger partial charge in [-0.3, -0.25) is 4.79 Å². The molecule has 1 rings (SSSR count). The quantitative estimate of drug-likeness (QED) is 0.668. The topological polar surface area (TPSA) is 92.6 Å². The van der Waals surface area contributed by atoms with Crippen LogP contribution in [0.3, 0.4) is 0 Å². The first-order valence-electron chi connectivity index (χ1n) is 5.33. The minimum absolute atomic E-state index is 0.0356. The lowest BCUT2D eigenvalue weighted by Crippen LogP contribution is -2.45. The van der Waals surface area contributed by atoms with Gasteiger partial charge in [0.2, 0.25) is 0 Å². The SMILES string of the molecule is CN(c1ccc(N)cc1C(N)=O)C(C)(C)CO. The number of hydrogen-bond acceptors (Lipinski definition) is 4. The van der Waals surface area contributed by atoms with Crippen molar-refractivity contribution in [1.82, 2.24) is 0 Å². The van der Waals surface area contributed by atoms with Gasteiger partial charge in [-0.1, -0.05) is 0 Å². The molecular formula is C12H19N3O2. The van der Waals surface area contributed by atoms with Gasteiger partial charge in [0.15, 0.2) is 0 Å². The maximum absolute atomic E-state index is 11.4. The zero-order valence-electron chi connectivity index (χ0n) is 10.4. The number of aliphatic hydroxyl groups excluding tert-OH is 1. The fourth-order valence-electron chi connectivity index (χ4n) is 1.48. The molecule has 1 aromatic rings. The van der Waals surface area contributed by atoms with Crippen molar-refractivity contribution in [1.29, 1.82) is 0 Å². The van der Waals surface area contributed by atoms with E-state index < -0.39 is 11.4 Å². The van der Waals surface area contributed by atoms with Crippen LogP contribution in [0.2, 0.25) is 0 Å². The van der Waals surface area contributed by atoms with Gasteiger partial charge in [-0.25, -0.2) is 0 Å². The standard InChI is InChI=1S/C12H19N3O2/c1-12(2,7-16)15(3)10-5-4-8(13)6-9(10)11(14)17/h4-6,16H,7,13H2,1-3H3,(H2,14,17). The Labute approximate surface area is 101 Å². The average molecular weight is 237 g/mol. The van der Waals surface area contributed by atoms with Crippen molar-refractivity contribution in [2.75, 3.05) is 24.3 Å². The van der Waals surface area contributed by atoms with Crippen molar-refractivity contribution in [3.8, 4) is 0 Å². The fraction of sp³-hybridized carbons (Fsp3) is 0.417. The summed E-state index contributed by atoms with van der Waals surface area (Å²) in [5, 5.41) is 9.33.